The first-order valence-electron chi connectivity index (χ1n) is 8.23. The van der Waals surface area contributed by atoms with Gasteiger partial charge in [0.05, 0.1) is 16.7 Å². The van der Waals surface area contributed by atoms with Gasteiger partial charge in [0.15, 0.2) is 11.9 Å². The molecule has 1 N–H and O–H groups in total. The molecule has 1 aromatic carbocycles. The standard InChI is InChI=1S/C18H17N3O6/c1-4-13(15(22)19-14-7-9(2)27-20-14)26-18(25)10-5-6-11-12(8-10)17(24)21(3)16(11)23/h5-8,13H,4H2,1-3H3,(H,19,20,22). The van der Waals surface area contributed by atoms with E-state index in [0.29, 0.717) is 5.76 Å². The van der Waals surface area contributed by atoms with Gasteiger partial charge in [-0.3, -0.25) is 19.3 Å². The van der Waals surface area contributed by atoms with Gasteiger partial charge in [-0.1, -0.05) is 12.1 Å². The molecule has 1 aliphatic rings. The van der Waals surface area contributed by atoms with Crippen molar-refractivity contribution in [3.63, 3.8) is 0 Å². The highest BCUT2D eigenvalue weighted by Gasteiger charge is 2.33. The summed E-state index contributed by atoms with van der Waals surface area (Å²) in [4.78, 5) is 49.6. The largest absolute Gasteiger partial charge is 0.449 e. The molecule has 1 aliphatic heterocycles. The predicted octanol–water partition coefficient (Wildman–Crippen LogP) is 1.78. The zero-order chi connectivity index (χ0) is 19.7. The summed E-state index contributed by atoms with van der Waals surface area (Å²) in [5, 5.41) is 6.15. The number of rotatable bonds is 5. The minimum Gasteiger partial charge on any atom is -0.449 e. The minimum atomic E-state index is -1.05. The lowest BCUT2D eigenvalue weighted by molar-refractivity contribution is -0.124. The maximum Gasteiger partial charge on any atom is 0.338 e. The lowest BCUT2D eigenvalue weighted by Gasteiger charge is -2.15. The van der Waals surface area contributed by atoms with E-state index >= 15 is 0 Å². The Morgan fingerprint density at radius 2 is 1.93 bits per heavy atom. The second kappa shape index (κ2) is 7.02. The molecule has 27 heavy (non-hydrogen) atoms. The summed E-state index contributed by atoms with van der Waals surface area (Å²) in [6.07, 6.45) is -0.817. The lowest BCUT2D eigenvalue weighted by Crippen LogP contribution is -2.32. The maximum atomic E-state index is 12.4. The summed E-state index contributed by atoms with van der Waals surface area (Å²) in [6, 6.07) is 5.62. The van der Waals surface area contributed by atoms with Gasteiger partial charge in [0.25, 0.3) is 17.7 Å². The topological polar surface area (TPSA) is 119 Å². The number of nitrogens with zero attached hydrogens (tertiary/aromatic N) is 2. The Bertz CT molecular complexity index is 948. The van der Waals surface area contributed by atoms with Crippen LogP contribution >= 0.6 is 0 Å². The summed E-state index contributed by atoms with van der Waals surface area (Å²) in [5.41, 5.74) is 0.437. The van der Waals surface area contributed by atoms with Crippen LogP contribution in [0.25, 0.3) is 0 Å². The van der Waals surface area contributed by atoms with E-state index in [-0.39, 0.29) is 28.9 Å². The number of fused-ring (bicyclic) bond motifs is 1. The zero-order valence-electron chi connectivity index (χ0n) is 14.9. The van der Waals surface area contributed by atoms with Crippen molar-refractivity contribution in [1.29, 1.82) is 0 Å². The average molecular weight is 371 g/mol. The third kappa shape index (κ3) is 3.43. The first kappa shape index (κ1) is 18.3. The number of aryl methyl sites for hydroxylation is 1. The number of ether oxygens (including phenoxy) is 1. The summed E-state index contributed by atoms with van der Waals surface area (Å²) >= 11 is 0. The zero-order valence-corrected chi connectivity index (χ0v) is 14.9. The maximum absolute atomic E-state index is 12.4. The molecular weight excluding hydrogens is 354 g/mol. The summed E-state index contributed by atoms with van der Waals surface area (Å²) in [5.74, 6) is -1.49. The van der Waals surface area contributed by atoms with E-state index in [1.54, 1.807) is 13.8 Å². The van der Waals surface area contributed by atoms with Gasteiger partial charge < -0.3 is 14.6 Å². The minimum absolute atomic E-state index is 0.0775. The number of anilines is 1. The number of hydrogen-bond acceptors (Lipinski definition) is 7. The Hall–Kier alpha value is -3.49. The van der Waals surface area contributed by atoms with E-state index in [4.69, 9.17) is 9.26 Å². The first-order chi connectivity index (χ1) is 12.8. The van der Waals surface area contributed by atoms with Gasteiger partial charge in [-0.25, -0.2) is 4.79 Å². The number of carbonyl (C=O) groups is 4. The van der Waals surface area contributed by atoms with Crippen LogP contribution in [-0.4, -0.2) is 46.9 Å². The van der Waals surface area contributed by atoms with E-state index in [0.717, 1.165) is 4.90 Å². The molecular formula is C18H17N3O6. The molecule has 0 saturated carbocycles. The van der Waals surface area contributed by atoms with Crippen molar-refractivity contribution in [2.24, 2.45) is 0 Å². The van der Waals surface area contributed by atoms with Crippen LogP contribution in [0, 0.1) is 6.92 Å². The molecule has 2 heterocycles. The van der Waals surface area contributed by atoms with Gasteiger partial charge >= 0.3 is 5.97 Å². The highest BCUT2D eigenvalue weighted by atomic mass is 16.5. The highest BCUT2D eigenvalue weighted by molar-refractivity contribution is 6.21. The smallest absolute Gasteiger partial charge is 0.338 e. The molecule has 9 heteroatoms. The molecule has 0 radical (unpaired) electrons. The van der Waals surface area contributed by atoms with Crippen LogP contribution in [0.5, 0.6) is 0 Å². The molecule has 0 bridgehead atoms. The Balaban J connectivity index is 1.73. The molecule has 3 rings (SSSR count). The van der Waals surface area contributed by atoms with Crippen LogP contribution in [0.4, 0.5) is 5.82 Å². The molecule has 140 valence electrons. The van der Waals surface area contributed by atoms with E-state index in [9.17, 15) is 19.2 Å². The van der Waals surface area contributed by atoms with E-state index < -0.39 is 29.8 Å². The van der Waals surface area contributed by atoms with E-state index in [1.165, 1.54) is 31.3 Å². The number of amides is 3. The first-order valence-corrected chi connectivity index (χ1v) is 8.23. The van der Waals surface area contributed by atoms with Crippen molar-refractivity contribution in [2.75, 3.05) is 12.4 Å². The Labute approximate surface area is 154 Å². The van der Waals surface area contributed by atoms with Gasteiger partial charge in [-0.2, -0.15) is 0 Å². The number of nitrogens with one attached hydrogen (secondary N) is 1. The molecule has 0 fully saturated rings. The molecule has 1 aromatic heterocycles. The molecule has 0 aliphatic carbocycles. The van der Waals surface area contributed by atoms with Gasteiger partial charge in [0.1, 0.15) is 5.76 Å². The quantitative estimate of drug-likeness (QED) is 0.628. The molecule has 3 amide bonds. The third-order valence-corrected chi connectivity index (χ3v) is 4.12. The van der Waals surface area contributed by atoms with Crippen LogP contribution in [-0.2, 0) is 9.53 Å². The number of carbonyl (C=O) groups excluding carboxylic acids is 4. The van der Waals surface area contributed by atoms with Gasteiger partial charge in [0, 0.05) is 13.1 Å². The molecule has 1 atom stereocenters. The van der Waals surface area contributed by atoms with Crippen LogP contribution in [0.2, 0.25) is 0 Å². The molecule has 9 nitrogen and oxygen atoms in total. The van der Waals surface area contributed by atoms with Gasteiger partial charge in [0.2, 0.25) is 0 Å². The number of imide groups is 1. The van der Waals surface area contributed by atoms with Gasteiger partial charge in [-0.05, 0) is 31.5 Å². The van der Waals surface area contributed by atoms with Crippen LogP contribution in [0.1, 0.15) is 50.2 Å². The van der Waals surface area contributed by atoms with Crippen LogP contribution in [0.3, 0.4) is 0 Å². The second-order valence-corrected chi connectivity index (χ2v) is 6.04. The summed E-state index contributed by atoms with van der Waals surface area (Å²) < 4.78 is 10.1. The van der Waals surface area contributed by atoms with Crippen molar-refractivity contribution in [1.82, 2.24) is 10.1 Å². The summed E-state index contributed by atoms with van der Waals surface area (Å²) in [7, 11) is 1.37. The molecule has 2 aromatic rings. The molecule has 0 spiro atoms. The third-order valence-electron chi connectivity index (χ3n) is 4.12. The van der Waals surface area contributed by atoms with Crippen molar-refractivity contribution in [3.8, 4) is 0 Å². The number of hydrogen-bond donors (Lipinski definition) is 1. The van der Waals surface area contributed by atoms with Crippen molar-refractivity contribution < 1.29 is 28.4 Å². The summed E-state index contributed by atoms with van der Waals surface area (Å²) in [6.45, 7) is 3.36. The van der Waals surface area contributed by atoms with Crippen molar-refractivity contribution in [3.05, 3.63) is 46.7 Å². The molecule has 0 saturated heterocycles. The van der Waals surface area contributed by atoms with Crippen molar-refractivity contribution >= 4 is 29.5 Å². The van der Waals surface area contributed by atoms with E-state index in [1.807, 2.05) is 0 Å². The average Bonchev–Trinajstić information content (AvgIpc) is 3.16. The van der Waals surface area contributed by atoms with Crippen LogP contribution < -0.4 is 5.32 Å². The van der Waals surface area contributed by atoms with Crippen LogP contribution in [0.15, 0.2) is 28.8 Å². The fourth-order valence-corrected chi connectivity index (χ4v) is 2.64. The number of benzene rings is 1. The normalized spacial score (nSPS) is 14.1. The Kier molecular flexibility index (Phi) is 4.76. The second-order valence-electron chi connectivity index (χ2n) is 6.04. The SMILES string of the molecule is CCC(OC(=O)c1ccc2c(c1)C(=O)N(C)C2=O)C(=O)Nc1cc(C)on1. The van der Waals surface area contributed by atoms with Gasteiger partial charge in [-0.15, -0.1) is 0 Å². The Morgan fingerprint density at radius 1 is 1.22 bits per heavy atom. The monoisotopic (exact) mass is 371 g/mol. The number of aromatic nitrogens is 1. The molecule has 1 unspecified atom stereocenters. The number of esters is 1. The van der Waals surface area contributed by atoms with Crippen molar-refractivity contribution in [2.45, 2.75) is 26.4 Å². The fourth-order valence-electron chi connectivity index (χ4n) is 2.64. The fraction of sp³-hybridized carbons (Fsp3) is 0.278. The lowest BCUT2D eigenvalue weighted by atomic mass is 10.1. The Morgan fingerprint density at radius 3 is 2.56 bits per heavy atom. The predicted molar refractivity (Wildman–Crippen MR) is 92.2 cm³/mol. The highest BCUT2D eigenvalue weighted by Crippen LogP contribution is 2.23. The van der Waals surface area contributed by atoms with E-state index in [2.05, 4.69) is 10.5 Å².